The maximum Gasteiger partial charge on any atom is 0.139 e. The minimum Gasteiger partial charge on any atom is -0.497 e. The molecule has 0 radical (unpaired) electrons. The number of methoxy groups -OCH3 is 1. The van der Waals surface area contributed by atoms with Crippen molar-refractivity contribution in [3.05, 3.63) is 52.1 Å². The van der Waals surface area contributed by atoms with Gasteiger partial charge in [0.2, 0.25) is 0 Å². The highest BCUT2D eigenvalue weighted by Gasteiger charge is 1.97. The Balaban J connectivity index is 2.27. The predicted molar refractivity (Wildman–Crippen MR) is 75.3 cm³/mol. The number of pyridine rings is 1. The second-order valence-corrected chi connectivity index (χ2v) is 4.48. The van der Waals surface area contributed by atoms with Crippen molar-refractivity contribution in [2.75, 3.05) is 12.8 Å². The van der Waals surface area contributed by atoms with E-state index < -0.39 is 0 Å². The Bertz CT molecular complexity index is 612. The smallest absolute Gasteiger partial charge is 0.139 e. The van der Waals surface area contributed by atoms with Crippen LogP contribution in [0, 0.1) is 11.8 Å². The highest BCUT2D eigenvalue weighted by molar-refractivity contribution is 9.10. The summed E-state index contributed by atoms with van der Waals surface area (Å²) in [5.74, 6) is 7.27. The van der Waals surface area contributed by atoms with E-state index in [1.165, 1.54) is 0 Å². The van der Waals surface area contributed by atoms with Crippen molar-refractivity contribution in [1.82, 2.24) is 4.98 Å². The number of aromatic nitrogens is 1. The van der Waals surface area contributed by atoms with E-state index in [0.29, 0.717) is 11.4 Å². The van der Waals surface area contributed by atoms with Gasteiger partial charge in [0.05, 0.1) is 12.7 Å². The Kier molecular flexibility index (Phi) is 3.85. The average Bonchev–Trinajstić information content (AvgIpc) is 2.40. The van der Waals surface area contributed by atoms with Crippen molar-refractivity contribution >= 4 is 21.7 Å². The van der Waals surface area contributed by atoms with Gasteiger partial charge in [0.1, 0.15) is 11.6 Å². The Morgan fingerprint density at radius 2 is 1.94 bits per heavy atom. The fourth-order valence-corrected chi connectivity index (χ4v) is 1.70. The SMILES string of the molecule is COc1ccc(C#Cc2cc(Br)cnc2N)cc1. The molecule has 4 heteroatoms. The molecule has 1 heterocycles. The van der Waals surface area contributed by atoms with Crippen molar-refractivity contribution in [3.63, 3.8) is 0 Å². The second-order valence-electron chi connectivity index (χ2n) is 3.56. The zero-order chi connectivity index (χ0) is 13.0. The minimum atomic E-state index is 0.430. The second kappa shape index (κ2) is 5.56. The van der Waals surface area contributed by atoms with E-state index in [-0.39, 0.29) is 0 Å². The maximum atomic E-state index is 5.74. The van der Waals surface area contributed by atoms with Crippen LogP contribution in [0.2, 0.25) is 0 Å². The molecular formula is C14H11BrN2O. The first-order valence-corrected chi connectivity index (χ1v) is 6.05. The predicted octanol–water partition coefficient (Wildman–Crippen LogP) is 2.83. The fourth-order valence-electron chi connectivity index (χ4n) is 1.36. The van der Waals surface area contributed by atoms with E-state index >= 15 is 0 Å². The highest BCUT2D eigenvalue weighted by Crippen LogP contribution is 2.15. The Labute approximate surface area is 114 Å². The van der Waals surface area contributed by atoms with Crippen LogP contribution in [0.3, 0.4) is 0 Å². The number of hydrogen-bond donors (Lipinski definition) is 1. The van der Waals surface area contributed by atoms with Crippen LogP contribution in [-0.4, -0.2) is 12.1 Å². The molecule has 0 fully saturated rings. The van der Waals surface area contributed by atoms with Gasteiger partial charge in [-0.15, -0.1) is 0 Å². The standard InChI is InChI=1S/C14H11BrN2O/c1-18-13-6-3-10(4-7-13)2-5-11-8-12(15)9-17-14(11)16/h3-4,6-9H,1H3,(H2,16,17). The van der Waals surface area contributed by atoms with E-state index in [4.69, 9.17) is 10.5 Å². The highest BCUT2D eigenvalue weighted by atomic mass is 79.9. The van der Waals surface area contributed by atoms with Crippen molar-refractivity contribution in [2.24, 2.45) is 0 Å². The molecular weight excluding hydrogens is 292 g/mol. The van der Waals surface area contributed by atoms with Crippen LogP contribution in [0.4, 0.5) is 5.82 Å². The molecule has 2 N–H and O–H groups in total. The van der Waals surface area contributed by atoms with E-state index in [0.717, 1.165) is 15.8 Å². The van der Waals surface area contributed by atoms with Crippen LogP contribution >= 0.6 is 15.9 Å². The third-order valence-electron chi connectivity index (χ3n) is 2.32. The van der Waals surface area contributed by atoms with E-state index in [9.17, 15) is 0 Å². The molecule has 0 amide bonds. The zero-order valence-corrected chi connectivity index (χ0v) is 11.4. The normalized spacial score (nSPS) is 9.44. The number of halogens is 1. The number of nitrogens with two attached hydrogens (primary N) is 1. The van der Waals surface area contributed by atoms with Gasteiger partial charge < -0.3 is 10.5 Å². The van der Waals surface area contributed by atoms with Crippen LogP contribution < -0.4 is 10.5 Å². The largest absolute Gasteiger partial charge is 0.497 e. The van der Waals surface area contributed by atoms with E-state index in [1.807, 2.05) is 30.3 Å². The summed E-state index contributed by atoms with van der Waals surface area (Å²) >= 11 is 3.34. The molecule has 0 aliphatic heterocycles. The van der Waals surface area contributed by atoms with Crippen LogP contribution in [0.15, 0.2) is 41.0 Å². The summed E-state index contributed by atoms with van der Waals surface area (Å²) < 4.78 is 5.94. The van der Waals surface area contributed by atoms with Gasteiger partial charge in [-0.1, -0.05) is 11.8 Å². The third kappa shape index (κ3) is 3.02. The summed E-state index contributed by atoms with van der Waals surface area (Å²) in [6, 6.07) is 9.37. The van der Waals surface area contributed by atoms with Gasteiger partial charge in [-0.2, -0.15) is 0 Å². The number of rotatable bonds is 1. The number of anilines is 1. The number of nitrogen functional groups attached to an aromatic ring is 1. The molecule has 1 aromatic heterocycles. The summed E-state index contributed by atoms with van der Waals surface area (Å²) in [7, 11) is 1.63. The van der Waals surface area contributed by atoms with Crippen LogP contribution in [0.25, 0.3) is 0 Å². The van der Waals surface area contributed by atoms with Gasteiger partial charge in [0.15, 0.2) is 0 Å². The molecule has 2 rings (SSSR count). The first-order chi connectivity index (χ1) is 8.69. The molecule has 90 valence electrons. The molecule has 0 atom stereocenters. The molecule has 2 aromatic rings. The molecule has 0 unspecified atom stereocenters. The Morgan fingerprint density at radius 1 is 1.22 bits per heavy atom. The molecule has 1 aromatic carbocycles. The minimum absolute atomic E-state index is 0.430. The molecule has 0 bridgehead atoms. The lowest BCUT2D eigenvalue weighted by atomic mass is 10.2. The summed E-state index contributed by atoms with van der Waals surface area (Å²) in [6.45, 7) is 0. The van der Waals surface area contributed by atoms with E-state index in [1.54, 1.807) is 13.3 Å². The molecule has 3 nitrogen and oxygen atoms in total. The van der Waals surface area contributed by atoms with Crippen LogP contribution in [0.5, 0.6) is 5.75 Å². The van der Waals surface area contributed by atoms with Crippen molar-refractivity contribution < 1.29 is 4.74 Å². The molecule has 0 saturated heterocycles. The van der Waals surface area contributed by atoms with Gasteiger partial charge in [-0.25, -0.2) is 4.98 Å². The first-order valence-electron chi connectivity index (χ1n) is 5.26. The summed E-state index contributed by atoms with van der Waals surface area (Å²) in [5.41, 5.74) is 7.35. The summed E-state index contributed by atoms with van der Waals surface area (Å²) in [5, 5.41) is 0. The van der Waals surface area contributed by atoms with Crippen LogP contribution in [0.1, 0.15) is 11.1 Å². The van der Waals surface area contributed by atoms with Gasteiger partial charge in [0, 0.05) is 16.2 Å². The number of ether oxygens (including phenoxy) is 1. The monoisotopic (exact) mass is 302 g/mol. The molecule has 0 aliphatic rings. The summed E-state index contributed by atoms with van der Waals surface area (Å²) in [6.07, 6.45) is 1.65. The Morgan fingerprint density at radius 3 is 2.61 bits per heavy atom. The van der Waals surface area contributed by atoms with Crippen molar-refractivity contribution in [2.45, 2.75) is 0 Å². The molecule has 0 aliphatic carbocycles. The lowest BCUT2D eigenvalue weighted by Gasteiger charge is -1.98. The van der Waals surface area contributed by atoms with Gasteiger partial charge in [-0.05, 0) is 46.3 Å². The lowest BCUT2D eigenvalue weighted by molar-refractivity contribution is 0.415. The number of benzene rings is 1. The maximum absolute atomic E-state index is 5.74. The quantitative estimate of drug-likeness (QED) is 0.824. The fraction of sp³-hybridized carbons (Fsp3) is 0.0714. The summed E-state index contributed by atoms with van der Waals surface area (Å²) in [4.78, 5) is 4.03. The average molecular weight is 303 g/mol. The van der Waals surface area contributed by atoms with Crippen molar-refractivity contribution in [1.29, 1.82) is 0 Å². The third-order valence-corrected chi connectivity index (χ3v) is 2.75. The lowest BCUT2D eigenvalue weighted by Crippen LogP contribution is -1.93. The number of nitrogens with zero attached hydrogens (tertiary/aromatic N) is 1. The molecule has 0 saturated carbocycles. The Hall–Kier alpha value is -1.99. The topological polar surface area (TPSA) is 48.1 Å². The molecule has 18 heavy (non-hydrogen) atoms. The van der Waals surface area contributed by atoms with Gasteiger partial charge in [-0.3, -0.25) is 0 Å². The molecule has 0 spiro atoms. The van der Waals surface area contributed by atoms with Crippen LogP contribution in [-0.2, 0) is 0 Å². The van der Waals surface area contributed by atoms with Crippen molar-refractivity contribution in [3.8, 4) is 17.6 Å². The number of hydrogen-bond acceptors (Lipinski definition) is 3. The zero-order valence-electron chi connectivity index (χ0n) is 9.77. The van der Waals surface area contributed by atoms with E-state index in [2.05, 4.69) is 32.8 Å². The van der Waals surface area contributed by atoms with Gasteiger partial charge in [0.25, 0.3) is 0 Å². The van der Waals surface area contributed by atoms with Gasteiger partial charge >= 0.3 is 0 Å². The first kappa shape index (κ1) is 12.5.